The summed E-state index contributed by atoms with van der Waals surface area (Å²) in [7, 11) is 0. The van der Waals surface area contributed by atoms with Gasteiger partial charge in [0.25, 0.3) is 0 Å². The molecule has 100 valence electrons. The number of alkyl halides is 3. The molecule has 1 aromatic heterocycles. The zero-order valence-electron chi connectivity index (χ0n) is 9.09. The van der Waals surface area contributed by atoms with E-state index in [0.717, 1.165) is 17.4 Å². The van der Waals surface area contributed by atoms with Crippen LogP contribution in [0.15, 0.2) is 30.3 Å². The number of hydrogen-bond acceptors (Lipinski definition) is 2. The zero-order valence-corrected chi connectivity index (χ0v) is 10.7. The first-order chi connectivity index (χ1) is 8.79. The van der Waals surface area contributed by atoms with Crippen molar-refractivity contribution < 1.29 is 22.4 Å². The van der Waals surface area contributed by atoms with Gasteiger partial charge >= 0.3 is 6.18 Å². The minimum absolute atomic E-state index is 0.199. The van der Waals surface area contributed by atoms with Crippen LogP contribution in [0.25, 0.3) is 0 Å². The average Bonchev–Trinajstić information content (AvgIpc) is 2.74. The van der Waals surface area contributed by atoms with Crippen molar-refractivity contribution in [2.24, 2.45) is 0 Å². The molecule has 0 bridgehead atoms. The molecule has 0 fully saturated rings. The van der Waals surface area contributed by atoms with E-state index in [-0.39, 0.29) is 10.4 Å². The summed E-state index contributed by atoms with van der Waals surface area (Å²) >= 11 is 6.60. The van der Waals surface area contributed by atoms with Gasteiger partial charge < -0.3 is 0 Å². The molecule has 1 aromatic carbocycles. The lowest BCUT2D eigenvalue weighted by atomic mass is 10.1. The van der Waals surface area contributed by atoms with Crippen molar-refractivity contribution in [1.82, 2.24) is 0 Å². The number of benzene rings is 1. The van der Waals surface area contributed by atoms with Crippen molar-refractivity contribution in [2.75, 3.05) is 0 Å². The van der Waals surface area contributed by atoms with Crippen LogP contribution in [0.2, 0.25) is 4.34 Å². The SMILES string of the molecule is O=C(c1ccc(F)c(C(F)(F)F)c1)c1ccc(Cl)s1. The van der Waals surface area contributed by atoms with Crippen LogP contribution in [-0.2, 0) is 6.18 Å². The zero-order chi connectivity index (χ0) is 14.2. The van der Waals surface area contributed by atoms with E-state index in [1.807, 2.05) is 0 Å². The van der Waals surface area contributed by atoms with Crippen LogP contribution in [0.1, 0.15) is 20.8 Å². The Bertz CT molecular complexity index is 633. The summed E-state index contributed by atoms with van der Waals surface area (Å²) in [5.41, 5.74) is -1.69. The molecule has 0 spiro atoms. The first kappa shape index (κ1) is 14.0. The van der Waals surface area contributed by atoms with E-state index in [1.165, 1.54) is 12.1 Å². The van der Waals surface area contributed by atoms with Gasteiger partial charge in [0.1, 0.15) is 5.82 Å². The minimum Gasteiger partial charge on any atom is -0.288 e. The summed E-state index contributed by atoms with van der Waals surface area (Å²) in [4.78, 5) is 12.1. The lowest BCUT2D eigenvalue weighted by Crippen LogP contribution is -2.10. The predicted molar refractivity (Wildman–Crippen MR) is 64.2 cm³/mol. The van der Waals surface area contributed by atoms with Crippen LogP contribution in [0, 0.1) is 5.82 Å². The lowest BCUT2D eigenvalue weighted by molar-refractivity contribution is -0.140. The van der Waals surface area contributed by atoms with Crippen molar-refractivity contribution in [2.45, 2.75) is 6.18 Å². The molecule has 2 aromatic rings. The topological polar surface area (TPSA) is 17.1 Å². The third-order valence-electron chi connectivity index (χ3n) is 2.33. The maximum Gasteiger partial charge on any atom is 0.419 e. The van der Waals surface area contributed by atoms with Crippen molar-refractivity contribution in [3.63, 3.8) is 0 Å². The van der Waals surface area contributed by atoms with Gasteiger partial charge in [-0.3, -0.25) is 4.79 Å². The van der Waals surface area contributed by atoms with Crippen LogP contribution in [0.5, 0.6) is 0 Å². The second kappa shape index (κ2) is 4.94. The lowest BCUT2D eigenvalue weighted by Gasteiger charge is -2.09. The highest BCUT2D eigenvalue weighted by molar-refractivity contribution is 7.18. The standard InChI is InChI=1S/C12H5ClF4OS/c13-10-4-3-9(19-10)11(18)6-1-2-8(14)7(5-6)12(15,16)17/h1-5H. The van der Waals surface area contributed by atoms with Gasteiger partial charge in [0.05, 0.1) is 14.8 Å². The quantitative estimate of drug-likeness (QED) is 0.576. The van der Waals surface area contributed by atoms with Gasteiger partial charge in [-0.1, -0.05) is 11.6 Å². The highest BCUT2D eigenvalue weighted by Crippen LogP contribution is 2.33. The molecule has 0 saturated carbocycles. The van der Waals surface area contributed by atoms with Crippen LogP contribution in [-0.4, -0.2) is 5.78 Å². The Morgan fingerprint density at radius 2 is 1.84 bits per heavy atom. The van der Waals surface area contributed by atoms with E-state index in [4.69, 9.17) is 11.6 Å². The smallest absolute Gasteiger partial charge is 0.288 e. The molecule has 0 N–H and O–H groups in total. The van der Waals surface area contributed by atoms with Crippen molar-refractivity contribution >= 4 is 28.7 Å². The second-order valence-electron chi connectivity index (χ2n) is 3.63. The monoisotopic (exact) mass is 308 g/mol. The highest BCUT2D eigenvalue weighted by atomic mass is 35.5. The maximum atomic E-state index is 13.1. The van der Waals surface area contributed by atoms with E-state index >= 15 is 0 Å². The number of hydrogen-bond donors (Lipinski definition) is 0. The molecule has 7 heteroatoms. The van der Waals surface area contributed by atoms with Crippen molar-refractivity contribution in [1.29, 1.82) is 0 Å². The summed E-state index contributed by atoms with van der Waals surface area (Å²) < 4.78 is 51.0. The molecule has 2 rings (SSSR count). The number of rotatable bonds is 2. The highest BCUT2D eigenvalue weighted by Gasteiger charge is 2.34. The molecular weight excluding hydrogens is 304 g/mol. The van der Waals surface area contributed by atoms with Gasteiger partial charge in [-0.15, -0.1) is 11.3 Å². The van der Waals surface area contributed by atoms with Gasteiger partial charge in [-0.25, -0.2) is 4.39 Å². The Balaban J connectivity index is 2.44. The van der Waals surface area contributed by atoms with Crippen LogP contribution < -0.4 is 0 Å². The second-order valence-corrected chi connectivity index (χ2v) is 5.34. The number of thiophene rings is 1. The van der Waals surface area contributed by atoms with E-state index in [0.29, 0.717) is 16.5 Å². The van der Waals surface area contributed by atoms with E-state index in [1.54, 1.807) is 0 Å². The largest absolute Gasteiger partial charge is 0.419 e. The Kier molecular flexibility index (Phi) is 3.64. The molecular formula is C12H5ClF4OS. The number of carbonyl (C=O) groups is 1. The summed E-state index contributed by atoms with van der Waals surface area (Å²) in [5.74, 6) is -2.03. The molecule has 0 aliphatic rings. The fraction of sp³-hybridized carbons (Fsp3) is 0.0833. The molecule has 1 nitrogen and oxygen atoms in total. The number of ketones is 1. The minimum atomic E-state index is -4.84. The van der Waals surface area contributed by atoms with Crippen molar-refractivity contribution in [3.05, 3.63) is 56.5 Å². The number of carbonyl (C=O) groups excluding carboxylic acids is 1. The van der Waals surface area contributed by atoms with Crippen LogP contribution in [0.3, 0.4) is 0 Å². The van der Waals surface area contributed by atoms with Crippen LogP contribution in [0.4, 0.5) is 17.6 Å². The Labute approximate surface area is 114 Å². The summed E-state index contributed by atoms with van der Waals surface area (Å²) in [6, 6.07) is 5.02. The van der Waals surface area contributed by atoms with E-state index in [2.05, 4.69) is 0 Å². The summed E-state index contributed by atoms with van der Waals surface area (Å²) in [6.07, 6.45) is -4.84. The first-order valence-corrected chi connectivity index (χ1v) is 6.15. The third kappa shape index (κ3) is 2.96. The Hall–Kier alpha value is -1.40. The molecule has 0 amide bonds. The van der Waals surface area contributed by atoms with Crippen molar-refractivity contribution in [3.8, 4) is 0 Å². The molecule has 0 aliphatic carbocycles. The first-order valence-electron chi connectivity index (χ1n) is 4.96. The molecule has 0 atom stereocenters. The molecule has 0 unspecified atom stereocenters. The Morgan fingerprint density at radius 1 is 1.16 bits per heavy atom. The predicted octanol–water partition coefficient (Wildman–Crippen LogP) is 4.79. The molecule has 1 heterocycles. The maximum absolute atomic E-state index is 13.1. The average molecular weight is 309 g/mol. The van der Waals surface area contributed by atoms with Gasteiger partial charge in [0.15, 0.2) is 0 Å². The van der Waals surface area contributed by atoms with Gasteiger partial charge in [-0.05, 0) is 30.3 Å². The number of halogens is 5. The molecule has 0 saturated heterocycles. The third-order valence-corrected chi connectivity index (χ3v) is 3.56. The van der Waals surface area contributed by atoms with Gasteiger partial charge in [0, 0.05) is 5.56 Å². The normalized spacial score (nSPS) is 11.6. The van der Waals surface area contributed by atoms with Gasteiger partial charge in [-0.2, -0.15) is 13.2 Å². The molecule has 0 aliphatic heterocycles. The fourth-order valence-electron chi connectivity index (χ4n) is 1.46. The summed E-state index contributed by atoms with van der Waals surface area (Å²) in [5, 5.41) is 0. The fourth-order valence-corrected chi connectivity index (χ4v) is 2.47. The molecule has 0 radical (unpaired) electrons. The van der Waals surface area contributed by atoms with E-state index < -0.39 is 23.3 Å². The van der Waals surface area contributed by atoms with Crippen LogP contribution >= 0.6 is 22.9 Å². The Morgan fingerprint density at radius 3 is 2.37 bits per heavy atom. The van der Waals surface area contributed by atoms with Gasteiger partial charge in [0.2, 0.25) is 5.78 Å². The van der Waals surface area contributed by atoms with E-state index in [9.17, 15) is 22.4 Å². The molecule has 19 heavy (non-hydrogen) atoms. The summed E-state index contributed by atoms with van der Waals surface area (Å²) in [6.45, 7) is 0.